The molecule has 3 heterocycles. The van der Waals surface area contributed by atoms with Crippen LogP contribution in [0.25, 0.3) is 0 Å². The Labute approximate surface area is 130 Å². The van der Waals surface area contributed by atoms with Gasteiger partial charge in [0.15, 0.2) is 5.96 Å². The predicted molar refractivity (Wildman–Crippen MR) is 84.7 cm³/mol. The zero-order valence-electron chi connectivity index (χ0n) is 11.4. The van der Waals surface area contributed by atoms with Gasteiger partial charge in [-0.25, -0.2) is 4.98 Å². The second kappa shape index (κ2) is 6.11. The van der Waals surface area contributed by atoms with E-state index in [0.717, 1.165) is 25.0 Å². The third kappa shape index (κ3) is 3.04. The lowest BCUT2D eigenvalue weighted by molar-refractivity contribution is 0.209. The Kier molecular flexibility index (Phi) is 4.70. The summed E-state index contributed by atoms with van der Waals surface area (Å²) in [5, 5.41) is 3.42. The van der Waals surface area contributed by atoms with Crippen LogP contribution in [0, 0.1) is 5.92 Å². The molecule has 0 amide bonds. The third-order valence-corrected chi connectivity index (χ3v) is 3.83. The Morgan fingerprint density at radius 1 is 1.47 bits per heavy atom. The van der Waals surface area contributed by atoms with Gasteiger partial charge in [-0.1, -0.05) is 6.92 Å². The summed E-state index contributed by atoms with van der Waals surface area (Å²) >= 11 is 0. The van der Waals surface area contributed by atoms with Crippen LogP contribution in [-0.4, -0.2) is 35.0 Å². The predicted octanol–water partition coefficient (Wildman–Crippen LogP) is 2.41. The highest BCUT2D eigenvalue weighted by molar-refractivity contribution is 14.0. The smallest absolute Gasteiger partial charge is 0.216 e. The molecule has 0 aliphatic carbocycles. The Balaban J connectivity index is 0.00000133. The zero-order valence-corrected chi connectivity index (χ0v) is 13.7. The molecule has 5 nitrogen and oxygen atoms in total. The van der Waals surface area contributed by atoms with Gasteiger partial charge in [0.1, 0.15) is 12.3 Å². The first-order valence-electron chi connectivity index (χ1n) is 6.71. The third-order valence-electron chi connectivity index (χ3n) is 3.83. The highest BCUT2D eigenvalue weighted by Crippen LogP contribution is 2.26. The van der Waals surface area contributed by atoms with E-state index < -0.39 is 0 Å². The van der Waals surface area contributed by atoms with Crippen molar-refractivity contribution in [3.8, 4) is 0 Å². The summed E-state index contributed by atoms with van der Waals surface area (Å²) in [6.45, 7) is 6.39. The minimum Gasteiger partial charge on any atom is -0.447 e. The van der Waals surface area contributed by atoms with Crippen molar-refractivity contribution in [2.24, 2.45) is 10.9 Å². The van der Waals surface area contributed by atoms with Crippen LogP contribution in [0.2, 0.25) is 0 Å². The van der Waals surface area contributed by atoms with Crippen LogP contribution in [-0.2, 0) is 0 Å². The van der Waals surface area contributed by atoms with Crippen LogP contribution in [0.15, 0.2) is 21.9 Å². The highest BCUT2D eigenvalue weighted by atomic mass is 127. The fourth-order valence-corrected chi connectivity index (χ4v) is 2.77. The number of guanidine groups is 1. The van der Waals surface area contributed by atoms with Crippen molar-refractivity contribution in [3.63, 3.8) is 0 Å². The van der Waals surface area contributed by atoms with E-state index >= 15 is 0 Å². The summed E-state index contributed by atoms with van der Waals surface area (Å²) in [6, 6.07) is 0.662. The fourth-order valence-electron chi connectivity index (χ4n) is 2.77. The Morgan fingerprint density at radius 2 is 2.32 bits per heavy atom. The largest absolute Gasteiger partial charge is 0.447 e. The Hall–Kier alpha value is -0.790. The molecule has 0 bridgehead atoms. The number of aliphatic imine (C=N–C) groups is 1. The molecule has 1 saturated heterocycles. The molecule has 0 radical (unpaired) electrons. The molecule has 1 aromatic rings. The first kappa shape index (κ1) is 14.6. The van der Waals surface area contributed by atoms with Crippen molar-refractivity contribution in [1.29, 1.82) is 0 Å². The molecule has 19 heavy (non-hydrogen) atoms. The summed E-state index contributed by atoms with van der Waals surface area (Å²) < 4.78 is 5.32. The summed E-state index contributed by atoms with van der Waals surface area (Å²) in [4.78, 5) is 11.2. The van der Waals surface area contributed by atoms with Gasteiger partial charge in [0.05, 0.1) is 18.8 Å². The number of halogens is 1. The van der Waals surface area contributed by atoms with E-state index in [1.165, 1.54) is 12.8 Å². The maximum absolute atomic E-state index is 5.32. The number of fused-ring (bicyclic) bond motifs is 1. The van der Waals surface area contributed by atoms with Crippen molar-refractivity contribution in [1.82, 2.24) is 15.2 Å². The Bertz CT molecular complexity index is 434. The monoisotopic (exact) mass is 376 g/mol. The standard InChI is InChI=1S/C13H20N4O.HI/c1-9-3-4-11-7-15-13(17(11)8-9)16-10(2)12-14-5-6-18-12;/h5-6,9-11H,3-4,7-8H2,1-2H3,(H,15,16);1H. The average molecular weight is 376 g/mol. The maximum atomic E-state index is 5.32. The number of aromatic nitrogens is 1. The molecule has 0 saturated carbocycles. The Morgan fingerprint density at radius 3 is 3.05 bits per heavy atom. The number of piperidine rings is 1. The number of rotatable bonds is 2. The van der Waals surface area contributed by atoms with Gasteiger partial charge < -0.3 is 14.6 Å². The van der Waals surface area contributed by atoms with E-state index in [1.807, 2.05) is 0 Å². The van der Waals surface area contributed by atoms with Gasteiger partial charge in [-0.2, -0.15) is 0 Å². The molecule has 3 rings (SSSR count). The molecule has 2 aliphatic rings. The number of oxazole rings is 1. The number of hydrogen-bond acceptors (Lipinski definition) is 5. The SMILES string of the molecule is CC1CCC2CN=C(NC(C)c3ncco3)N2C1.I. The van der Waals surface area contributed by atoms with Gasteiger partial charge in [0, 0.05) is 6.54 Å². The molecule has 3 unspecified atom stereocenters. The van der Waals surface area contributed by atoms with Crippen molar-refractivity contribution in [3.05, 3.63) is 18.4 Å². The van der Waals surface area contributed by atoms with Gasteiger partial charge in [-0.15, -0.1) is 24.0 Å². The van der Waals surface area contributed by atoms with Crippen molar-refractivity contribution in [2.45, 2.75) is 38.8 Å². The molecule has 1 N–H and O–H groups in total. The van der Waals surface area contributed by atoms with E-state index in [2.05, 4.69) is 34.0 Å². The van der Waals surface area contributed by atoms with Crippen LogP contribution in [0.5, 0.6) is 0 Å². The van der Waals surface area contributed by atoms with Crippen LogP contribution in [0.1, 0.15) is 38.6 Å². The van der Waals surface area contributed by atoms with Crippen molar-refractivity contribution >= 4 is 29.9 Å². The molecule has 106 valence electrons. The number of nitrogens with zero attached hydrogens (tertiary/aromatic N) is 3. The molecule has 0 aromatic carbocycles. The van der Waals surface area contributed by atoms with E-state index in [1.54, 1.807) is 12.5 Å². The van der Waals surface area contributed by atoms with E-state index in [4.69, 9.17) is 4.42 Å². The summed E-state index contributed by atoms with van der Waals surface area (Å²) in [6.07, 6.45) is 5.86. The summed E-state index contributed by atoms with van der Waals surface area (Å²) in [5.74, 6) is 2.48. The minimum absolute atomic E-state index is 0. The number of hydrogen-bond donors (Lipinski definition) is 1. The summed E-state index contributed by atoms with van der Waals surface area (Å²) in [5.41, 5.74) is 0. The molecule has 3 atom stereocenters. The average Bonchev–Trinajstić information content (AvgIpc) is 2.99. The van der Waals surface area contributed by atoms with Crippen LogP contribution >= 0.6 is 24.0 Å². The van der Waals surface area contributed by atoms with E-state index in [0.29, 0.717) is 11.9 Å². The van der Waals surface area contributed by atoms with Crippen LogP contribution in [0.4, 0.5) is 0 Å². The topological polar surface area (TPSA) is 53.7 Å². The van der Waals surface area contributed by atoms with E-state index in [9.17, 15) is 0 Å². The fraction of sp³-hybridized carbons (Fsp3) is 0.692. The second-order valence-electron chi connectivity index (χ2n) is 5.39. The summed E-state index contributed by atoms with van der Waals surface area (Å²) in [7, 11) is 0. The number of nitrogens with one attached hydrogen (secondary N) is 1. The minimum atomic E-state index is 0. The normalized spacial score (nSPS) is 27.3. The first-order chi connectivity index (χ1) is 8.74. The van der Waals surface area contributed by atoms with Gasteiger partial charge in [-0.3, -0.25) is 4.99 Å². The molecule has 6 heteroatoms. The van der Waals surface area contributed by atoms with E-state index in [-0.39, 0.29) is 30.0 Å². The zero-order chi connectivity index (χ0) is 12.5. The molecule has 0 spiro atoms. The maximum Gasteiger partial charge on any atom is 0.216 e. The van der Waals surface area contributed by atoms with Gasteiger partial charge in [0.25, 0.3) is 0 Å². The molecular weight excluding hydrogens is 355 g/mol. The van der Waals surface area contributed by atoms with Gasteiger partial charge >= 0.3 is 0 Å². The van der Waals surface area contributed by atoms with Crippen LogP contribution in [0.3, 0.4) is 0 Å². The lowest BCUT2D eigenvalue weighted by Gasteiger charge is -2.36. The molecule has 1 aromatic heterocycles. The molecular formula is C13H21IN4O. The first-order valence-corrected chi connectivity index (χ1v) is 6.71. The molecule has 2 aliphatic heterocycles. The highest BCUT2D eigenvalue weighted by Gasteiger charge is 2.33. The second-order valence-corrected chi connectivity index (χ2v) is 5.39. The van der Waals surface area contributed by atoms with Crippen molar-refractivity contribution < 1.29 is 4.42 Å². The lowest BCUT2D eigenvalue weighted by atomic mass is 9.95. The van der Waals surface area contributed by atoms with Gasteiger partial charge in [-0.05, 0) is 25.7 Å². The quantitative estimate of drug-likeness (QED) is 0.806. The van der Waals surface area contributed by atoms with Crippen LogP contribution < -0.4 is 5.32 Å². The van der Waals surface area contributed by atoms with Crippen molar-refractivity contribution in [2.75, 3.05) is 13.1 Å². The molecule has 1 fully saturated rings. The van der Waals surface area contributed by atoms with Gasteiger partial charge in [0.2, 0.25) is 5.89 Å². The lowest BCUT2D eigenvalue weighted by Crippen LogP contribution is -2.48.